The molecule has 1 aromatic rings. The third-order valence-electron chi connectivity index (χ3n) is 4.21. The Bertz CT molecular complexity index is 813. The second-order valence-electron chi connectivity index (χ2n) is 7.83. The summed E-state index contributed by atoms with van der Waals surface area (Å²) in [6, 6.07) is 1.72. The second-order valence-corrected chi connectivity index (χ2v) is 11.7. The normalized spacial score (nSPS) is 12.2. The van der Waals surface area contributed by atoms with Gasteiger partial charge in [0.05, 0.1) is 6.61 Å². The van der Waals surface area contributed by atoms with Crippen LogP contribution in [0.5, 0.6) is 11.5 Å². The van der Waals surface area contributed by atoms with Gasteiger partial charge in [-0.3, -0.25) is 4.79 Å². The van der Waals surface area contributed by atoms with E-state index in [1.165, 1.54) is 0 Å². The Morgan fingerprint density at radius 3 is 2.07 bits per heavy atom. The van der Waals surface area contributed by atoms with E-state index in [0.717, 1.165) is 0 Å². The minimum Gasteiger partial charge on any atom is -0.546 e. The van der Waals surface area contributed by atoms with E-state index in [2.05, 4.69) is 0 Å². The fourth-order valence-corrected chi connectivity index (χ4v) is 4.63. The summed E-state index contributed by atoms with van der Waals surface area (Å²) in [6.45, 7) is 16.3. The van der Waals surface area contributed by atoms with Crippen LogP contribution in [0, 0.1) is 0 Å². The highest BCUT2D eigenvalue weighted by Gasteiger charge is 2.35. The number of carbonyl (C=O) groups excluding carboxylic acids is 1. The average Bonchev–Trinajstić information content (AvgIpc) is 2.54. The smallest absolute Gasteiger partial charge is 0.259 e. The van der Waals surface area contributed by atoms with Crippen LogP contribution in [-0.2, 0) is 15.4 Å². The maximum atomic E-state index is 13.3. The molecule has 0 aliphatic rings. The van der Waals surface area contributed by atoms with Crippen LogP contribution in [0.15, 0.2) is 11.0 Å². The summed E-state index contributed by atoms with van der Waals surface area (Å²) >= 11 is 0. The summed E-state index contributed by atoms with van der Waals surface area (Å²) in [7, 11) is -5.96. The van der Waals surface area contributed by atoms with E-state index in [-0.39, 0.29) is 28.6 Å². The highest BCUT2D eigenvalue weighted by molar-refractivity contribution is 7.89. The largest absolute Gasteiger partial charge is 0.546 e. The predicted octanol–water partition coefficient (Wildman–Crippen LogP) is 2.87. The Balaban J connectivity index is 4.13. The molecule has 0 aliphatic carbocycles. The summed E-state index contributed by atoms with van der Waals surface area (Å²) < 4.78 is 37.1. The van der Waals surface area contributed by atoms with Gasteiger partial charge in [0, 0.05) is 18.7 Å². The first kappa shape index (κ1) is 24.5. The summed E-state index contributed by atoms with van der Waals surface area (Å²) in [5.74, 6) is -0.0463. The van der Waals surface area contributed by atoms with E-state index in [1.54, 1.807) is 17.9 Å². The molecule has 1 aromatic carbocycles. The van der Waals surface area contributed by atoms with Gasteiger partial charge in [-0.15, -0.1) is 0 Å². The van der Waals surface area contributed by atoms with Crippen molar-refractivity contribution in [1.29, 1.82) is 0 Å². The SMILES string of the molecule is CCOc1cc(C(C)(C)C)c(O[SiH](C)C)c(S(N)(=O)=O)c1C(=O)N(CC)CC. The van der Waals surface area contributed by atoms with Gasteiger partial charge in [-0.2, -0.15) is 0 Å². The zero-order chi connectivity index (χ0) is 21.9. The molecule has 0 atom stereocenters. The zero-order valence-corrected chi connectivity index (χ0v) is 20.2. The van der Waals surface area contributed by atoms with Crippen molar-refractivity contribution in [2.24, 2.45) is 5.14 Å². The van der Waals surface area contributed by atoms with Crippen LogP contribution in [0.2, 0.25) is 13.1 Å². The van der Waals surface area contributed by atoms with Gasteiger partial charge in [0.15, 0.2) is 0 Å². The molecule has 0 aromatic heterocycles. The van der Waals surface area contributed by atoms with Crippen molar-refractivity contribution in [3.8, 4) is 11.5 Å². The molecule has 0 bridgehead atoms. The van der Waals surface area contributed by atoms with Gasteiger partial charge in [-0.1, -0.05) is 20.8 Å². The number of hydrogen-bond acceptors (Lipinski definition) is 5. The van der Waals surface area contributed by atoms with E-state index >= 15 is 0 Å². The van der Waals surface area contributed by atoms with Crippen LogP contribution in [0.4, 0.5) is 0 Å². The third-order valence-corrected chi connectivity index (χ3v) is 5.88. The molecule has 9 heteroatoms. The first-order valence-corrected chi connectivity index (χ1v) is 13.9. The molecule has 0 aliphatic heterocycles. The number of rotatable bonds is 8. The molecule has 0 unspecified atom stereocenters. The summed E-state index contributed by atoms with van der Waals surface area (Å²) in [4.78, 5) is 14.5. The van der Waals surface area contributed by atoms with E-state index in [4.69, 9.17) is 14.3 Å². The number of nitrogens with zero attached hydrogens (tertiary/aromatic N) is 1. The Morgan fingerprint density at radius 1 is 1.18 bits per heavy atom. The number of nitrogens with two attached hydrogens (primary N) is 1. The summed E-state index contributed by atoms with van der Waals surface area (Å²) in [5, 5.41) is 5.61. The molecule has 1 rings (SSSR count). The number of carbonyl (C=O) groups is 1. The first-order valence-electron chi connectivity index (χ1n) is 9.62. The molecule has 0 saturated heterocycles. The Morgan fingerprint density at radius 2 is 1.71 bits per heavy atom. The lowest BCUT2D eigenvalue weighted by Gasteiger charge is -2.29. The van der Waals surface area contributed by atoms with Crippen LogP contribution in [0.25, 0.3) is 0 Å². The molecule has 7 nitrogen and oxygen atoms in total. The molecule has 0 heterocycles. The molecular weight excluding hydrogens is 396 g/mol. The molecule has 28 heavy (non-hydrogen) atoms. The quantitative estimate of drug-likeness (QED) is 0.639. The number of primary sulfonamides is 1. The number of ether oxygens (including phenoxy) is 1. The average molecular weight is 431 g/mol. The number of hydrogen-bond donors (Lipinski definition) is 1. The molecule has 2 N–H and O–H groups in total. The minimum atomic E-state index is -4.26. The fraction of sp³-hybridized carbons (Fsp3) is 0.632. The van der Waals surface area contributed by atoms with Gasteiger partial charge in [0.1, 0.15) is 22.0 Å². The number of sulfonamides is 1. The van der Waals surface area contributed by atoms with Gasteiger partial charge in [0.2, 0.25) is 19.1 Å². The van der Waals surface area contributed by atoms with Crippen molar-refractivity contribution < 1.29 is 22.4 Å². The van der Waals surface area contributed by atoms with Crippen molar-refractivity contribution in [2.45, 2.75) is 64.9 Å². The van der Waals surface area contributed by atoms with Crippen molar-refractivity contribution in [3.05, 3.63) is 17.2 Å². The predicted molar refractivity (Wildman–Crippen MR) is 114 cm³/mol. The molecule has 0 fully saturated rings. The van der Waals surface area contributed by atoms with Crippen molar-refractivity contribution in [1.82, 2.24) is 4.90 Å². The highest BCUT2D eigenvalue weighted by atomic mass is 32.2. The lowest BCUT2D eigenvalue weighted by molar-refractivity contribution is 0.0764. The van der Waals surface area contributed by atoms with E-state index in [9.17, 15) is 13.2 Å². The summed E-state index contributed by atoms with van der Waals surface area (Å²) in [5.41, 5.74) is 0.156. The van der Waals surface area contributed by atoms with Crippen LogP contribution in [0.3, 0.4) is 0 Å². The molecule has 0 saturated carbocycles. The molecular formula is C19H34N2O5SSi. The Kier molecular flexibility index (Phi) is 8.10. The van der Waals surface area contributed by atoms with Crippen molar-refractivity contribution >= 4 is 25.0 Å². The van der Waals surface area contributed by atoms with Gasteiger partial charge in [-0.05, 0) is 45.3 Å². The van der Waals surface area contributed by atoms with Gasteiger partial charge in [-0.25, -0.2) is 13.6 Å². The molecule has 0 spiro atoms. The van der Waals surface area contributed by atoms with Crippen LogP contribution in [-0.4, -0.2) is 48.0 Å². The van der Waals surface area contributed by atoms with Gasteiger partial charge in [0.25, 0.3) is 5.91 Å². The first-order chi connectivity index (χ1) is 12.8. The fourth-order valence-electron chi connectivity index (χ4n) is 2.94. The lowest BCUT2D eigenvalue weighted by atomic mass is 9.85. The number of amides is 1. The Hall–Kier alpha value is -1.58. The lowest BCUT2D eigenvalue weighted by Crippen LogP contribution is -2.34. The minimum absolute atomic E-state index is 0.0503. The second kappa shape index (κ2) is 9.28. The Labute approximate surface area is 171 Å². The monoisotopic (exact) mass is 430 g/mol. The maximum Gasteiger partial charge on any atom is 0.259 e. The molecule has 0 radical (unpaired) electrons. The zero-order valence-electron chi connectivity index (χ0n) is 18.3. The molecule has 160 valence electrons. The summed E-state index contributed by atoms with van der Waals surface area (Å²) in [6.07, 6.45) is 0. The van der Waals surface area contributed by atoms with Gasteiger partial charge >= 0.3 is 0 Å². The van der Waals surface area contributed by atoms with Gasteiger partial charge < -0.3 is 14.1 Å². The third kappa shape index (κ3) is 5.48. The molecule has 1 amide bonds. The van der Waals surface area contributed by atoms with Crippen LogP contribution in [0.1, 0.15) is 57.5 Å². The van der Waals surface area contributed by atoms with Crippen molar-refractivity contribution in [3.63, 3.8) is 0 Å². The van der Waals surface area contributed by atoms with Crippen LogP contribution >= 0.6 is 0 Å². The van der Waals surface area contributed by atoms with E-state index < -0.39 is 30.4 Å². The topological polar surface area (TPSA) is 98.9 Å². The maximum absolute atomic E-state index is 13.3. The van der Waals surface area contributed by atoms with Crippen molar-refractivity contribution in [2.75, 3.05) is 19.7 Å². The van der Waals surface area contributed by atoms with E-state index in [0.29, 0.717) is 18.7 Å². The number of benzene rings is 1. The van der Waals surface area contributed by atoms with Crippen LogP contribution < -0.4 is 14.3 Å². The highest BCUT2D eigenvalue weighted by Crippen LogP contribution is 2.43. The van der Waals surface area contributed by atoms with E-state index in [1.807, 2.05) is 47.7 Å². The standard InChI is InChI=1S/C19H34N2O5SSi/c1-9-21(10-2)18(22)15-14(25-11-3)12-13(19(4,5)6)16(26-28(7)8)17(15)27(20,23)24/h12,28H,9-11H2,1-8H3,(H2,20,23,24).